The first-order chi connectivity index (χ1) is 6.54. The number of aldehydes is 1. The van der Waals surface area contributed by atoms with Crippen molar-refractivity contribution in [3.8, 4) is 5.75 Å². The van der Waals surface area contributed by atoms with Crippen molar-refractivity contribution in [3.63, 3.8) is 0 Å². The van der Waals surface area contributed by atoms with Crippen molar-refractivity contribution >= 4 is 6.29 Å². The molecule has 1 aromatic carbocycles. The molecule has 0 saturated carbocycles. The fraction of sp³-hybridized carbons (Fsp3) is 0.222. The van der Waals surface area contributed by atoms with Crippen molar-refractivity contribution in [2.45, 2.75) is 6.18 Å². The molecule has 0 spiro atoms. The number of carbonyl (C=O) groups is 1. The molecule has 0 saturated heterocycles. The number of halogens is 3. The fourth-order valence-electron chi connectivity index (χ4n) is 0.892. The van der Waals surface area contributed by atoms with Gasteiger partial charge in [0, 0.05) is 0 Å². The molecule has 0 heterocycles. The molecule has 0 unspecified atom stereocenters. The summed E-state index contributed by atoms with van der Waals surface area (Å²) in [5, 5.41) is 0. The summed E-state index contributed by atoms with van der Waals surface area (Å²) in [5.74, 6) is 0.0342. The number of hydrogen-bond donors (Lipinski definition) is 0. The molecule has 0 bridgehead atoms. The van der Waals surface area contributed by atoms with Crippen LogP contribution in [0.4, 0.5) is 13.2 Å². The van der Waals surface area contributed by atoms with Gasteiger partial charge < -0.3 is 4.74 Å². The zero-order valence-electron chi connectivity index (χ0n) is 7.04. The second-order valence-corrected chi connectivity index (χ2v) is 2.50. The highest BCUT2D eigenvalue weighted by Crippen LogP contribution is 2.31. The first-order valence-electron chi connectivity index (χ1n) is 3.78. The van der Waals surface area contributed by atoms with Gasteiger partial charge in [0.2, 0.25) is 0 Å². The molecule has 0 aliphatic rings. The van der Waals surface area contributed by atoms with Gasteiger partial charge >= 0.3 is 6.18 Å². The number of carbonyl (C=O) groups excluding carboxylic acids is 1. The highest BCUT2D eigenvalue weighted by Gasteiger charge is 2.30. The van der Waals surface area contributed by atoms with Crippen molar-refractivity contribution in [3.05, 3.63) is 29.8 Å². The standard InChI is InChI=1S/C9H7F3O2/c10-9(11,12)7-2-1-3-8(6-7)14-5-4-13/h1-4,6H,5H2. The monoisotopic (exact) mass is 204 g/mol. The molecule has 14 heavy (non-hydrogen) atoms. The second kappa shape index (κ2) is 4.13. The number of alkyl halides is 3. The topological polar surface area (TPSA) is 26.3 Å². The maximum atomic E-state index is 12.2. The normalized spacial score (nSPS) is 11.1. The van der Waals surface area contributed by atoms with E-state index in [-0.39, 0.29) is 12.4 Å². The lowest BCUT2D eigenvalue weighted by Crippen LogP contribution is -2.05. The van der Waals surface area contributed by atoms with E-state index in [9.17, 15) is 18.0 Å². The van der Waals surface area contributed by atoms with Crippen LogP contribution in [0.3, 0.4) is 0 Å². The fourth-order valence-corrected chi connectivity index (χ4v) is 0.892. The minimum atomic E-state index is -4.39. The number of benzene rings is 1. The Labute approximate surface area is 78.3 Å². The average Bonchev–Trinajstić information content (AvgIpc) is 2.14. The molecule has 2 nitrogen and oxygen atoms in total. The Hall–Kier alpha value is -1.52. The lowest BCUT2D eigenvalue weighted by atomic mass is 10.2. The minimum absolute atomic E-state index is 0.0342. The maximum absolute atomic E-state index is 12.2. The van der Waals surface area contributed by atoms with Gasteiger partial charge in [0.05, 0.1) is 5.56 Å². The molecule has 0 amide bonds. The van der Waals surface area contributed by atoms with E-state index in [2.05, 4.69) is 0 Å². The lowest BCUT2D eigenvalue weighted by molar-refractivity contribution is -0.137. The molecule has 0 N–H and O–H groups in total. The Bertz CT molecular complexity index is 320. The predicted molar refractivity (Wildman–Crippen MR) is 43.0 cm³/mol. The highest BCUT2D eigenvalue weighted by molar-refractivity contribution is 5.51. The van der Waals surface area contributed by atoms with E-state index in [4.69, 9.17) is 4.74 Å². The second-order valence-electron chi connectivity index (χ2n) is 2.50. The first-order valence-corrected chi connectivity index (χ1v) is 3.78. The molecule has 5 heteroatoms. The van der Waals surface area contributed by atoms with E-state index in [0.29, 0.717) is 6.29 Å². The summed E-state index contributed by atoms with van der Waals surface area (Å²) >= 11 is 0. The molecule has 76 valence electrons. The van der Waals surface area contributed by atoms with E-state index >= 15 is 0 Å². The number of ether oxygens (including phenoxy) is 1. The Morgan fingerprint density at radius 2 is 2.07 bits per heavy atom. The summed E-state index contributed by atoms with van der Waals surface area (Å²) in [6.45, 7) is -0.249. The van der Waals surface area contributed by atoms with E-state index < -0.39 is 11.7 Å². The van der Waals surface area contributed by atoms with E-state index in [1.807, 2.05) is 0 Å². The van der Waals surface area contributed by atoms with Crippen LogP contribution < -0.4 is 4.74 Å². The van der Waals surface area contributed by atoms with Crippen LogP contribution in [0.5, 0.6) is 5.75 Å². The quantitative estimate of drug-likeness (QED) is 0.706. The Morgan fingerprint density at radius 3 is 2.64 bits per heavy atom. The van der Waals surface area contributed by atoms with Gasteiger partial charge in [-0.15, -0.1) is 0 Å². The van der Waals surface area contributed by atoms with E-state index in [1.165, 1.54) is 12.1 Å². The summed E-state index contributed by atoms with van der Waals surface area (Å²) in [6.07, 6.45) is -3.92. The number of hydrogen-bond acceptors (Lipinski definition) is 2. The molecule has 0 aliphatic heterocycles. The SMILES string of the molecule is O=CCOc1cccc(C(F)(F)F)c1. The average molecular weight is 204 g/mol. The van der Waals surface area contributed by atoms with Gasteiger partial charge in [0.1, 0.15) is 12.4 Å². The zero-order chi connectivity index (χ0) is 10.6. The third-order valence-corrected chi connectivity index (χ3v) is 1.48. The van der Waals surface area contributed by atoms with E-state index in [1.54, 1.807) is 0 Å². The van der Waals surface area contributed by atoms with Gasteiger partial charge in [0.15, 0.2) is 6.29 Å². The minimum Gasteiger partial charge on any atom is -0.486 e. The van der Waals surface area contributed by atoms with Crippen LogP contribution in [0.25, 0.3) is 0 Å². The van der Waals surface area contributed by atoms with Gasteiger partial charge in [-0.05, 0) is 18.2 Å². The number of rotatable bonds is 3. The summed E-state index contributed by atoms with van der Waals surface area (Å²) in [5.41, 5.74) is -0.791. The molecular formula is C9H7F3O2. The maximum Gasteiger partial charge on any atom is 0.416 e. The summed E-state index contributed by atoms with van der Waals surface area (Å²) in [4.78, 5) is 9.91. The van der Waals surface area contributed by atoms with Crippen LogP contribution in [-0.2, 0) is 11.0 Å². The smallest absolute Gasteiger partial charge is 0.416 e. The van der Waals surface area contributed by atoms with Crippen LogP contribution in [-0.4, -0.2) is 12.9 Å². The van der Waals surface area contributed by atoms with Crippen molar-refractivity contribution in [2.75, 3.05) is 6.61 Å². The van der Waals surface area contributed by atoms with E-state index in [0.717, 1.165) is 12.1 Å². The van der Waals surface area contributed by atoms with Crippen molar-refractivity contribution in [1.82, 2.24) is 0 Å². The van der Waals surface area contributed by atoms with Crippen molar-refractivity contribution in [2.24, 2.45) is 0 Å². The van der Waals surface area contributed by atoms with Crippen molar-refractivity contribution in [1.29, 1.82) is 0 Å². The third kappa shape index (κ3) is 2.76. The van der Waals surface area contributed by atoms with Crippen LogP contribution in [0, 0.1) is 0 Å². The largest absolute Gasteiger partial charge is 0.486 e. The Kier molecular flexibility index (Phi) is 3.11. The summed E-state index contributed by atoms with van der Waals surface area (Å²) in [6, 6.07) is 4.37. The van der Waals surface area contributed by atoms with Gasteiger partial charge in [0.25, 0.3) is 0 Å². The first kappa shape index (κ1) is 10.6. The third-order valence-electron chi connectivity index (χ3n) is 1.48. The predicted octanol–water partition coefficient (Wildman–Crippen LogP) is 2.28. The lowest BCUT2D eigenvalue weighted by Gasteiger charge is -2.08. The molecule has 0 aromatic heterocycles. The molecular weight excluding hydrogens is 197 g/mol. The van der Waals surface area contributed by atoms with Gasteiger partial charge in [-0.3, -0.25) is 4.79 Å². The highest BCUT2D eigenvalue weighted by atomic mass is 19.4. The molecule has 0 fully saturated rings. The summed E-state index contributed by atoms with van der Waals surface area (Å²) in [7, 11) is 0. The summed E-state index contributed by atoms with van der Waals surface area (Å²) < 4.78 is 41.2. The Morgan fingerprint density at radius 1 is 1.36 bits per heavy atom. The molecule has 1 aromatic rings. The van der Waals surface area contributed by atoms with Crippen molar-refractivity contribution < 1.29 is 22.7 Å². The Balaban J connectivity index is 2.84. The van der Waals surface area contributed by atoms with Gasteiger partial charge in [-0.2, -0.15) is 13.2 Å². The van der Waals surface area contributed by atoms with Crippen LogP contribution in [0.1, 0.15) is 5.56 Å². The van der Waals surface area contributed by atoms with Crippen LogP contribution in [0.2, 0.25) is 0 Å². The molecule has 0 aliphatic carbocycles. The molecule has 0 radical (unpaired) electrons. The van der Waals surface area contributed by atoms with Crippen LogP contribution in [0.15, 0.2) is 24.3 Å². The van der Waals surface area contributed by atoms with Crippen LogP contribution >= 0.6 is 0 Å². The van der Waals surface area contributed by atoms with Gasteiger partial charge in [-0.25, -0.2) is 0 Å². The zero-order valence-corrected chi connectivity index (χ0v) is 7.04. The molecule has 1 rings (SSSR count). The molecule has 0 atom stereocenters. The van der Waals surface area contributed by atoms with Gasteiger partial charge in [-0.1, -0.05) is 6.07 Å².